The van der Waals surface area contributed by atoms with E-state index in [1.807, 2.05) is 30.3 Å². The molecule has 2 saturated heterocycles. The van der Waals surface area contributed by atoms with E-state index in [0.717, 1.165) is 38.0 Å². The van der Waals surface area contributed by atoms with Crippen LogP contribution in [-0.4, -0.2) is 67.3 Å². The fraction of sp³-hybridized carbons (Fsp3) is 0.579. The molecule has 3 rings (SSSR count). The molecule has 1 aromatic carbocycles. The fourth-order valence-electron chi connectivity index (χ4n) is 3.53. The summed E-state index contributed by atoms with van der Waals surface area (Å²) in [6, 6.07) is 8.93. The van der Waals surface area contributed by atoms with Crippen LogP contribution >= 0.6 is 0 Å². The van der Waals surface area contributed by atoms with Crippen LogP contribution in [0.3, 0.4) is 0 Å². The van der Waals surface area contributed by atoms with Crippen LogP contribution in [0.4, 0.5) is 0 Å². The van der Waals surface area contributed by atoms with Gasteiger partial charge in [0, 0.05) is 19.7 Å². The molecule has 2 heterocycles. The number of hydrogen-bond donors (Lipinski definition) is 3. The lowest BCUT2D eigenvalue weighted by molar-refractivity contribution is -0.148. The van der Waals surface area contributed by atoms with Crippen molar-refractivity contribution in [3.8, 4) is 0 Å². The van der Waals surface area contributed by atoms with Crippen molar-refractivity contribution in [1.29, 1.82) is 0 Å². The predicted octanol–water partition coefficient (Wildman–Crippen LogP) is 0.0632. The minimum atomic E-state index is -0.727. The maximum Gasteiger partial charge on any atom is 0.251 e. The molecule has 0 bridgehead atoms. The van der Waals surface area contributed by atoms with Crippen LogP contribution in [-0.2, 0) is 14.3 Å². The highest BCUT2D eigenvalue weighted by Crippen LogP contribution is 2.22. The third kappa shape index (κ3) is 4.81. The summed E-state index contributed by atoms with van der Waals surface area (Å²) < 4.78 is 5.52. The van der Waals surface area contributed by atoms with Crippen molar-refractivity contribution in [2.24, 2.45) is 5.92 Å². The maximum atomic E-state index is 12.6. The molecule has 3 N–H and O–H groups in total. The average Bonchev–Trinajstić information content (AvgIpc) is 2.69. The van der Waals surface area contributed by atoms with E-state index in [0.29, 0.717) is 12.5 Å². The highest BCUT2D eigenvalue weighted by molar-refractivity contribution is 5.86. The van der Waals surface area contributed by atoms with Gasteiger partial charge in [0.2, 0.25) is 5.91 Å². The van der Waals surface area contributed by atoms with Crippen molar-refractivity contribution in [1.82, 2.24) is 15.5 Å². The number of aliphatic hydroxyl groups excluding tert-OH is 1. The molecule has 1 aromatic rings. The molecular formula is C19H27N3O4. The van der Waals surface area contributed by atoms with Crippen molar-refractivity contribution in [2.45, 2.75) is 25.0 Å². The molecule has 142 valence electrons. The predicted molar refractivity (Wildman–Crippen MR) is 96.3 cm³/mol. The number of piperidine rings is 1. The second kappa shape index (κ2) is 9.12. The number of aliphatic hydroxyl groups is 1. The largest absolute Gasteiger partial charge is 0.396 e. The molecule has 26 heavy (non-hydrogen) atoms. The van der Waals surface area contributed by atoms with Gasteiger partial charge in [-0.05, 0) is 37.4 Å². The van der Waals surface area contributed by atoms with Crippen LogP contribution in [0, 0.1) is 5.92 Å². The minimum absolute atomic E-state index is 0.101. The van der Waals surface area contributed by atoms with E-state index in [2.05, 4.69) is 15.5 Å². The molecule has 0 radical (unpaired) electrons. The summed E-state index contributed by atoms with van der Waals surface area (Å²) in [5.74, 6) is -0.00882. The second-order valence-corrected chi connectivity index (χ2v) is 6.95. The zero-order valence-electron chi connectivity index (χ0n) is 14.9. The molecule has 0 aliphatic carbocycles. The number of carbonyl (C=O) groups is 2. The maximum absolute atomic E-state index is 12.6. The first-order valence-corrected chi connectivity index (χ1v) is 9.24. The number of likely N-dealkylation sites (tertiary alicyclic amines) is 1. The molecule has 0 unspecified atom stereocenters. The number of nitrogens with one attached hydrogen (secondary N) is 2. The normalized spacial score (nSPS) is 24.9. The number of ether oxygens (including phenoxy) is 1. The van der Waals surface area contributed by atoms with Crippen LogP contribution in [0.25, 0.3) is 0 Å². The Hall–Kier alpha value is -1.96. The minimum Gasteiger partial charge on any atom is -0.396 e. The molecule has 7 heteroatoms. The van der Waals surface area contributed by atoms with Crippen LogP contribution in [0.2, 0.25) is 0 Å². The van der Waals surface area contributed by atoms with Crippen molar-refractivity contribution in [3.63, 3.8) is 0 Å². The second-order valence-electron chi connectivity index (χ2n) is 6.95. The number of benzene rings is 1. The van der Waals surface area contributed by atoms with Crippen LogP contribution < -0.4 is 10.6 Å². The monoisotopic (exact) mass is 361 g/mol. The highest BCUT2D eigenvalue weighted by atomic mass is 16.5. The lowest BCUT2D eigenvalue weighted by atomic mass is 9.98. The number of nitrogens with zero attached hydrogens (tertiary/aromatic N) is 1. The summed E-state index contributed by atoms with van der Waals surface area (Å²) in [7, 11) is 0. The lowest BCUT2D eigenvalue weighted by Gasteiger charge is -2.33. The summed E-state index contributed by atoms with van der Waals surface area (Å²) in [4.78, 5) is 26.6. The van der Waals surface area contributed by atoms with Crippen LogP contribution in [0.1, 0.15) is 24.4 Å². The van der Waals surface area contributed by atoms with Crippen molar-refractivity contribution in [3.05, 3.63) is 35.9 Å². The third-order valence-electron chi connectivity index (χ3n) is 5.12. The summed E-state index contributed by atoms with van der Waals surface area (Å²) in [5.41, 5.74) is 0.853. The number of amides is 2. The van der Waals surface area contributed by atoms with Crippen LogP contribution in [0.5, 0.6) is 0 Å². The van der Waals surface area contributed by atoms with Crippen molar-refractivity contribution in [2.75, 3.05) is 39.4 Å². The quantitative estimate of drug-likeness (QED) is 0.667. The first-order chi connectivity index (χ1) is 12.7. The number of morpholine rings is 1. The molecule has 2 fully saturated rings. The Morgan fingerprint density at radius 1 is 1.27 bits per heavy atom. The zero-order valence-corrected chi connectivity index (χ0v) is 14.9. The average molecular weight is 361 g/mol. The molecule has 2 amide bonds. The first-order valence-electron chi connectivity index (χ1n) is 9.24. The van der Waals surface area contributed by atoms with Crippen molar-refractivity contribution < 1.29 is 19.4 Å². The van der Waals surface area contributed by atoms with Gasteiger partial charge in [0.15, 0.2) is 6.10 Å². The smallest absolute Gasteiger partial charge is 0.251 e. The summed E-state index contributed by atoms with van der Waals surface area (Å²) in [5, 5.41) is 15.0. The Labute approximate surface area is 153 Å². The van der Waals surface area contributed by atoms with E-state index >= 15 is 0 Å². The molecule has 0 spiro atoms. The van der Waals surface area contributed by atoms with Gasteiger partial charge in [0.25, 0.3) is 5.91 Å². The Bertz CT molecular complexity index is 602. The summed E-state index contributed by atoms with van der Waals surface area (Å²) in [6.07, 6.45) is 1.27. The van der Waals surface area contributed by atoms with Gasteiger partial charge in [0.1, 0.15) is 6.61 Å². The number of rotatable bonds is 6. The number of hydrogen-bond acceptors (Lipinski definition) is 5. The van der Waals surface area contributed by atoms with E-state index < -0.39 is 12.1 Å². The van der Waals surface area contributed by atoms with Gasteiger partial charge in [-0.1, -0.05) is 30.3 Å². The van der Waals surface area contributed by atoms with Gasteiger partial charge in [-0.15, -0.1) is 0 Å². The van der Waals surface area contributed by atoms with E-state index in [1.165, 1.54) is 0 Å². The molecule has 0 aromatic heterocycles. The van der Waals surface area contributed by atoms with Gasteiger partial charge in [0.05, 0.1) is 6.04 Å². The summed E-state index contributed by atoms with van der Waals surface area (Å²) >= 11 is 0. The Morgan fingerprint density at radius 2 is 2.00 bits per heavy atom. The fourth-order valence-corrected chi connectivity index (χ4v) is 3.53. The van der Waals surface area contributed by atoms with Gasteiger partial charge >= 0.3 is 0 Å². The Kier molecular flexibility index (Phi) is 6.60. The molecule has 2 aliphatic rings. The molecule has 2 atom stereocenters. The van der Waals surface area contributed by atoms with Gasteiger partial charge in [-0.2, -0.15) is 0 Å². The van der Waals surface area contributed by atoms with E-state index in [9.17, 15) is 14.7 Å². The SMILES string of the molecule is O=C1CO[C@H](C(=O)NCCN2CCC(CO)CC2)[C@@H](c2ccccc2)N1. The molecular weight excluding hydrogens is 334 g/mol. The first kappa shape index (κ1) is 18.8. The van der Waals surface area contributed by atoms with Gasteiger partial charge < -0.3 is 25.4 Å². The lowest BCUT2D eigenvalue weighted by Crippen LogP contribution is -2.53. The van der Waals surface area contributed by atoms with E-state index in [-0.39, 0.29) is 25.0 Å². The summed E-state index contributed by atoms with van der Waals surface area (Å²) in [6.45, 7) is 3.37. The molecule has 7 nitrogen and oxygen atoms in total. The highest BCUT2D eigenvalue weighted by Gasteiger charge is 2.35. The van der Waals surface area contributed by atoms with Crippen molar-refractivity contribution >= 4 is 11.8 Å². The topological polar surface area (TPSA) is 90.9 Å². The number of carbonyl (C=O) groups excluding carboxylic acids is 2. The zero-order chi connectivity index (χ0) is 18.4. The Balaban J connectivity index is 1.50. The standard InChI is InChI=1S/C19H27N3O4/c23-12-14-6-9-22(10-7-14)11-8-20-19(25)18-17(21-16(24)13-26-18)15-4-2-1-3-5-15/h1-5,14,17-18,23H,6-13H2,(H,20,25)(H,21,24)/t17-,18+/m1/s1. The molecule has 0 saturated carbocycles. The van der Waals surface area contributed by atoms with Gasteiger partial charge in [-0.25, -0.2) is 0 Å². The van der Waals surface area contributed by atoms with Gasteiger partial charge in [-0.3, -0.25) is 9.59 Å². The Morgan fingerprint density at radius 3 is 2.69 bits per heavy atom. The van der Waals surface area contributed by atoms with Crippen LogP contribution in [0.15, 0.2) is 30.3 Å². The molecule has 2 aliphatic heterocycles. The van der Waals surface area contributed by atoms with E-state index in [4.69, 9.17) is 4.74 Å². The van der Waals surface area contributed by atoms with E-state index in [1.54, 1.807) is 0 Å². The third-order valence-corrected chi connectivity index (χ3v) is 5.12.